The lowest BCUT2D eigenvalue weighted by molar-refractivity contribution is -0.383. The third-order valence-corrected chi connectivity index (χ3v) is 2.76. The van der Waals surface area contributed by atoms with Crippen molar-refractivity contribution in [3.63, 3.8) is 0 Å². The van der Waals surface area contributed by atoms with Crippen LogP contribution in [0.2, 0.25) is 0 Å². The Labute approximate surface area is 114 Å². The molecule has 7 nitrogen and oxygen atoms in total. The molecule has 1 heterocycles. The van der Waals surface area contributed by atoms with Crippen LogP contribution in [0.3, 0.4) is 0 Å². The second-order valence-electron chi connectivity index (χ2n) is 4.18. The summed E-state index contributed by atoms with van der Waals surface area (Å²) in [7, 11) is 0. The fraction of sp³-hybridized carbons (Fsp3) is 0.0769. The van der Waals surface area contributed by atoms with E-state index >= 15 is 0 Å². The van der Waals surface area contributed by atoms with Gasteiger partial charge in [-0.2, -0.15) is 0 Å². The lowest BCUT2D eigenvalue weighted by Crippen LogP contribution is -2.13. The number of nitrogens with two attached hydrogens (primary N) is 1. The lowest BCUT2D eigenvalue weighted by atomic mass is 10.1. The van der Waals surface area contributed by atoms with Crippen molar-refractivity contribution >= 4 is 23.0 Å². The minimum absolute atomic E-state index is 0.0200. The van der Waals surface area contributed by atoms with Gasteiger partial charge in [0.15, 0.2) is 0 Å². The van der Waals surface area contributed by atoms with Gasteiger partial charge in [0.05, 0.1) is 4.92 Å². The van der Waals surface area contributed by atoms with Crippen molar-refractivity contribution in [2.24, 2.45) is 0 Å². The summed E-state index contributed by atoms with van der Waals surface area (Å²) in [5.41, 5.74) is 6.78. The zero-order valence-corrected chi connectivity index (χ0v) is 10.7. The Morgan fingerprint density at radius 3 is 2.80 bits per heavy atom. The van der Waals surface area contributed by atoms with Crippen LogP contribution >= 0.6 is 0 Å². The highest BCUT2D eigenvalue weighted by Crippen LogP contribution is 2.23. The molecule has 0 unspecified atom stereocenters. The number of hydrogen-bond acceptors (Lipinski definition) is 5. The van der Waals surface area contributed by atoms with Gasteiger partial charge < -0.3 is 11.1 Å². The largest absolute Gasteiger partial charge is 0.393 e. The topological polar surface area (TPSA) is 111 Å². The van der Waals surface area contributed by atoms with Crippen LogP contribution in [0.4, 0.5) is 17.1 Å². The normalized spacial score (nSPS) is 10.1. The minimum atomic E-state index is -0.621. The van der Waals surface area contributed by atoms with Crippen LogP contribution in [-0.2, 0) is 0 Å². The summed E-state index contributed by atoms with van der Waals surface area (Å²) in [5.74, 6) is -0.442. The van der Waals surface area contributed by atoms with Crippen LogP contribution < -0.4 is 11.1 Å². The summed E-state index contributed by atoms with van der Waals surface area (Å²) < 4.78 is 0. The molecule has 0 saturated carbocycles. The summed E-state index contributed by atoms with van der Waals surface area (Å²) in [5, 5.41) is 13.5. The van der Waals surface area contributed by atoms with Gasteiger partial charge >= 0.3 is 0 Å². The monoisotopic (exact) mass is 272 g/mol. The van der Waals surface area contributed by atoms with E-state index in [2.05, 4.69) is 10.3 Å². The predicted molar refractivity (Wildman–Crippen MR) is 74.4 cm³/mol. The van der Waals surface area contributed by atoms with Crippen molar-refractivity contribution in [3.05, 3.63) is 57.9 Å². The molecule has 0 bridgehead atoms. The summed E-state index contributed by atoms with van der Waals surface area (Å²) >= 11 is 0. The first-order valence-electron chi connectivity index (χ1n) is 5.75. The van der Waals surface area contributed by atoms with E-state index in [-0.39, 0.29) is 16.9 Å². The Bertz CT molecular complexity index is 685. The predicted octanol–water partition coefficient (Wildman–Crippen LogP) is 2.13. The van der Waals surface area contributed by atoms with Gasteiger partial charge in [-0.3, -0.25) is 19.9 Å². The van der Waals surface area contributed by atoms with E-state index < -0.39 is 10.8 Å². The number of rotatable bonds is 3. The molecule has 0 aliphatic carbocycles. The molecule has 102 valence electrons. The second-order valence-corrected chi connectivity index (χ2v) is 4.18. The molecule has 1 aromatic heterocycles. The number of aryl methyl sites for hydroxylation is 1. The quantitative estimate of drug-likeness (QED) is 0.505. The molecule has 1 amide bonds. The molecule has 2 rings (SSSR count). The van der Waals surface area contributed by atoms with Crippen LogP contribution in [-0.4, -0.2) is 15.8 Å². The van der Waals surface area contributed by atoms with Crippen molar-refractivity contribution in [1.82, 2.24) is 4.98 Å². The fourth-order valence-electron chi connectivity index (χ4n) is 1.65. The number of anilines is 2. The van der Waals surface area contributed by atoms with Crippen LogP contribution in [0.15, 0.2) is 36.7 Å². The van der Waals surface area contributed by atoms with Crippen molar-refractivity contribution < 1.29 is 9.72 Å². The molecular weight excluding hydrogens is 260 g/mol. The number of pyridine rings is 1. The number of amides is 1. The molecule has 0 saturated heterocycles. The molecule has 0 spiro atoms. The third-order valence-electron chi connectivity index (χ3n) is 2.76. The Hall–Kier alpha value is -2.96. The maximum absolute atomic E-state index is 12.1. The van der Waals surface area contributed by atoms with Gasteiger partial charge in [-0.1, -0.05) is 0 Å². The van der Waals surface area contributed by atoms with Gasteiger partial charge in [-0.25, -0.2) is 0 Å². The molecule has 7 heteroatoms. The standard InChI is InChI=1S/C13H12N4O3/c1-8-7-15-5-4-11(8)16-13(18)9-2-3-10(14)12(6-9)17(19)20/h2-7H,14H2,1H3,(H,15,16,18). The van der Waals surface area contributed by atoms with Crippen molar-refractivity contribution in [1.29, 1.82) is 0 Å². The lowest BCUT2D eigenvalue weighted by Gasteiger charge is -2.08. The van der Waals surface area contributed by atoms with E-state index in [4.69, 9.17) is 5.73 Å². The average Bonchev–Trinajstić information content (AvgIpc) is 2.41. The first-order chi connectivity index (χ1) is 9.49. The van der Waals surface area contributed by atoms with Gasteiger partial charge in [-0.05, 0) is 30.7 Å². The van der Waals surface area contributed by atoms with E-state index in [0.29, 0.717) is 5.69 Å². The minimum Gasteiger partial charge on any atom is -0.393 e. The molecule has 0 radical (unpaired) electrons. The van der Waals surface area contributed by atoms with E-state index in [1.807, 2.05) is 0 Å². The highest BCUT2D eigenvalue weighted by molar-refractivity contribution is 6.05. The zero-order valence-electron chi connectivity index (χ0n) is 10.7. The van der Waals surface area contributed by atoms with Crippen LogP contribution in [0.1, 0.15) is 15.9 Å². The molecule has 1 aromatic carbocycles. The van der Waals surface area contributed by atoms with E-state index in [9.17, 15) is 14.9 Å². The summed E-state index contributed by atoms with van der Waals surface area (Å²) in [4.78, 5) is 26.1. The molecule has 2 aromatic rings. The number of carbonyl (C=O) groups excluding carboxylic acids is 1. The molecule has 20 heavy (non-hydrogen) atoms. The molecular formula is C13H12N4O3. The third kappa shape index (κ3) is 2.72. The van der Waals surface area contributed by atoms with Crippen LogP contribution in [0, 0.1) is 17.0 Å². The number of carbonyl (C=O) groups is 1. The molecule has 0 fully saturated rings. The molecule has 0 aliphatic heterocycles. The van der Waals surface area contributed by atoms with E-state index in [0.717, 1.165) is 11.6 Å². The maximum atomic E-state index is 12.1. The van der Waals surface area contributed by atoms with Crippen LogP contribution in [0.5, 0.6) is 0 Å². The van der Waals surface area contributed by atoms with E-state index in [1.165, 1.54) is 12.1 Å². The Balaban J connectivity index is 2.28. The first kappa shape index (κ1) is 13.5. The fourth-order valence-corrected chi connectivity index (χ4v) is 1.65. The SMILES string of the molecule is Cc1cnccc1NC(=O)c1ccc(N)c([N+](=O)[O-])c1. The summed E-state index contributed by atoms with van der Waals surface area (Å²) in [6, 6.07) is 5.58. The Kier molecular flexibility index (Phi) is 3.60. The number of hydrogen-bond donors (Lipinski definition) is 2. The second kappa shape index (κ2) is 5.35. The highest BCUT2D eigenvalue weighted by atomic mass is 16.6. The van der Waals surface area contributed by atoms with Crippen molar-refractivity contribution in [2.75, 3.05) is 11.1 Å². The maximum Gasteiger partial charge on any atom is 0.292 e. The summed E-state index contributed by atoms with van der Waals surface area (Å²) in [6.45, 7) is 1.80. The first-order valence-corrected chi connectivity index (χ1v) is 5.75. The molecule has 3 N–H and O–H groups in total. The van der Waals surface area contributed by atoms with Crippen LogP contribution in [0.25, 0.3) is 0 Å². The number of nitro groups is 1. The van der Waals surface area contributed by atoms with E-state index in [1.54, 1.807) is 25.4 Å². The van der Waals surface area contributed by atoms with Gasteiger partial charge in [-0.15, -0.1) is 0 Å². The molecule has 0 aliphatic rings. The van der Waals surface area contributed by atoms with Gasteiger partial charge in [0, 0.05) is 29.7 Å². The smallest absolute Gasteiger partial charge is 0.292 e. The number of nitro benzene ring substituents is 1. The Morgan fingerprint density at radius 2 is 2.15 bits per heavy atom. The highest BCUT2D eigenvalue weighted by Gasteiger charge is 2.16. The summed E-state index contributed by atoms with van der Waals surface area (Å²) in [6.07, 6.45) is 3.16. The number of benzene rings is 1. The molecule has 0 atom stereocenters. The van der Waals surface area contributed by atoms with Gasteiger partial charge in [0.1, 0.15) is 5.69 Å². The van der Waals surface area contributed by atoms with Crippen molar-refractivity contribution in [2.45, 2.75) is 6.92 Å². The number of aromatic nitrogens is 1. The number of nitrogens with zero attached hydrogens (tertiary/aromatic N) is 2. The van der Waals surface area contributed by atoms with Gasteiger partial charge in [0.25, 0.3) is 11.6 Å². The van der Waals surface area contributed by atoms with Crippen molar-refractivity contribution in [3.8, 4) is 0 Å². The average molecular weight is 272 g/mol. The van der Waals surface area contributed by atoms with Gasteiger partial charge in [0.2, 0.25) is 0 Å². The zero-order chi connectivity index (χ0) is 14.7. The number of nitrogen functional groups attached to an aromatic ring is 1. The Morgan fingerprint density at radius 1 is 1.40 bits per heavy atom. The number of nitrogens with one attached hydrogen (secondary N) is 1.